The van der Waals surface area contributed by atoms with Gasteiger partial charge in [-0.05, 0) is 54.6 Å². The standard InChI is InChI=1S/C23H19BrN2O3/c1-2-21(27)25-17-11-13-18(14-12-17)26-23(29)20-6-4-3-5-19(20)22(28)15-7-9-16(24)10-8-15/h3-14H,2H2,1H3,(H,25,27)(H,26,29). The molecule has 0 atom stereocenters. The van der Waals surface area contributed by atoms with Crippen LogP contribution in [0.15, 0.2) is 77.3 Å². The van der Waals surface area contributed by atoms with E-state index in [0.29, 0.717) is 34.5 Å². The molecule has 0 radical (unpaired) electrons. The fourth-order valence-corrected chi connectivity index (χ4v) is 2.98. The topological polar surface area (TPSA) is 75.3 Å². The first-order chi connectivity index (χ1) is 14.0. The Bertz CT molecular complexity index is 1040. The number of hydrogen-bond donors (Lipinski definition) is 2. The van der Waals surface area contributed by atoms with Crippen LogP contribution < -0.4 is 10.6 Å². The number of nitrogens with one attached hydrogen (secondary N) is 2. The lowest BCUT2D eigenvalue weighted by atomic mass is 9.98. The molecule has 2 N–H and O–H groups in total. The van der Waals surface area contributed by atoms with Gasteiger partial charge < -0.3 is 10.6 Å². The van der Waals surface area contributed by atoms with Gasteiger partial charge in [0, 0.05) is 33.4 Å². The summed E-state index contributed by atoms with van der Waals surface area (Å²) in [5.74, 6) is -0.681. The molecule has 0 saturated heterocycles. The van der Waals surface area contributed by atoms with Gasteiger partial charge in [0.05, 0.1) is 5.56 Å². The SMILES string of the molecule is CCC(=O)Nc1ccc(NC(=O)c2ccccc2C(=O)c2ccc(Br)cc2)cc1. The van der Waals surface area contributed by atoms with Crippen LogP contribution in [-0.2, 0) is 4.79 Å². The highest BCUT2D eigenvalue weighted by Crippen LogP contribution is 2.20. The third-order valence-electron chi connectivity index (χ3n) is 4.27. The van der Waals surface area contributed by atoms with E-state index in [2.05, 4.69) is 26.6 Å². The zero-order valence-electron chi connectivity index (χ0n) is 15.7. The highest BCUT2D eigenvalue weighted by atomic mass is 79.9. The van der Waals surface area contributed by atoms with E-state index in [1.54, 1.807) is 79.7 Å². The van der Waals surface area contributed by atoms with E-state index in [1.165, 1.54) is 0 Å². The Kier molecular flexibility index (Phi) is 6.57. The van der Waals surface area contributed by atoms with E-state index in [-0.39, 0.29) is 17.6 Å². The van der Waals surface area contributed by atoms with Gasteiger partial charge in [-0.3, -0.25) is 14.4 Å². The molecule has 2 amide bonds. The number of benzene rings is 3. The number of ketones is 1. The van der Waals surface area contributed by atoms with E-state index < -0.39 is 0 Å². The van der Waals surface area contributed by atoms with E-state index >= 15 is 0 Å². The van der Waals surface area contributed by atoms with E-state index in [4.69, 9.17) is 0 Å². The minimum Gasteiger partial charge on any atom is -0.326 e. The monoisotopic (exact) mass is 450 g/mol. The molecule has 0 aliphatic heterocycles. The van der Waals surface area contributed by atoms with Crippen LogP contribution in [0.2, 0.25) is 0 Å². The van der Waals surface area contributed by atoms with Crippen molar-refractivity contribution < 1.29 is 14.4 Å². The molecule has 3 aromatic carbocycles. The summed E-state index contributed by atoms with van der Waals surface area (Å²) < 4.78 is 0.874. The highest BCUT2D eigenvalue weighted by Gasteiger charge is 2.18. The summed E-state index contributed by atoms with van der Waals surface area (Å²) in [6, 6.07) is 20.5. The molecule has 146 valence electrons. The highest BCUT2D eigenvalue weighted by molar-refractivity contribution is 9.10. The van der Waals surface area contributed by atoms with Gasteiger partial charge >= 0.3 is 0 Å². The molecule has 0 fully saturated rings. The lowest BCUT2D eigenvalue weighted by Crippen LogP contribution is -2.17. The normalized spacial score (nSPS) is 10.3. The summed E-state index contributed by atoms with van der Waals surface area (Å²) in [7, 11) is 0. The second kappa shape index (κ2) is 9.30. The first kappa shape index (κ1) is 20.5. The molecule has 0 heterocycles. The molecule has 0 aliphatic rings. The minimum atomic E-state index is -0.378. The number of halogens is 1. The molecular weight excluding hydrogens is 432 g/mol. The molecule has 0 saturated carbocycles. The molecule has 6 heteroatoms. The first-order valence-corrected chi connectivity index (χ1v) is 9.88. The number of amides is 2. The molecule has 29 heavy (non-hydrogen) atoms. The van der Waals surface area contributed by atoms with Crippen LogP contribution in [0.3, 0.4) is 0 Å². The maximum Gasteiger partial charge on any atom is 0.256 e. The summed E-state index contributed by atoms with van der Waals surface area (Å²) in [5, 5.41) is 5.55. The van der Waals surface area contributed by atoms with Crippen molar-refractivity contribution in [3.8, 4) is 0 Å². The summed E-state index contributed by atoms with van der Waals surface area (Å²) in [5.41, 5.74) is 2.35. The lowest BCUT2D eigenvalue weighted by Gasteiger charge is -2.11. The predicted octanol–water partition coefficient (Wildman–Crippen LogP) is 5.28. The molecule has 3 aromatic rings. The van der Waals surface area contributed by atoms with Crippen LogP contribution in [-0.4, -0.2) is 17.6 Å². The average molecular weight is 451 g/mol. The number of carbonyl (C=O) groups excluding carboxylic acids is 3. The zero-order valence-corrected chi connectivity index (χ0v) is 17.3. The molecule has 0 aliphatic carbocycles. The van der Waals surface area contributed by atoms with Gasteiger partial charge in [-0.1, -0.05) is 41.1 Å². The molecule has 3 rings (SSSR count). The Hall–Kier alpha value is -3.25. The first-order valence-electron chi connectivity index (χ1n) is 9.08. The van der Waals surface area contributed by atoms with Gasteiger partial charge in [0.15, 0.2) is 5.78 Å². The molecular formula is C23H19BrN2O3. The Morgan fingerprint density at radius 1 is 0.759 bits per heavy atom. The van der Waals surface area contributed by atoms with Gasteiger partial charge in [-0.25, -0.2) is 0 Å². The van der Waals surface area contributed by atoms with Crippen LogP contribution in [0.25, 0.3) is 0 Å². The van der Waals surface area contributed by atoms with Crippen molar-refractivity contribution in [2.45, 2.75) is 13.3 Å². The fourth-order valence-electron chi connectivity index (χ4n) is 2.72. The summed E-state index contributed by atoms with van der Waals surface area (Å²) >= 11 is 3.35. The van der Waals surface area contributed by atoms with Crippen LogP contribution in [0.4, 0.5) is 11.4 Å². The van der Waals surface area contributed by atoms with Crippen LogP contribution in [0.5, 0.6) is 0 Å². The molecule has 5 nitrogen and oxygen atoms in total. The van der Waals surface area contributed by atoms with Crippen molar-refractivity contribution in [1.29, 1.82) is 0 Å². The van der Waals surface area contributed by atoms with E-state index in [9.17, 15) is 14.4 Å². The fraction of sp³-hybridized carbons (Fsp3) is 0.0870. The van der Waals surface area contributed by atoms with Crippen molar-refractivity contribution in [1.82, 2.24) is 0 Å². The Morgan fingerprint density at radius 2 is 1.31 bits per heavy atom. The molecule has 0 spiro atoms. The Labute approximate surface area is 177 Å². The van der Waals surface area contributed by atoms with E-state index in [1.807, 2.05) is 0 Å². The van der Waals surface area contributed by atoms with Gasteiger partial charge in [-0.2, -0.15) is 0 Å². The van der Waals surface area contributed by atoms with Crippen molar-refractivity contribution in [3.63, 3.8) is 0 Å². The minimum absolute atomic E-state index is 0.0813. The predicted molar refractivity (Wildman–Crippen MR) is 117 cm³/mol. The van der Waals surface area contributed by atoms with E-state index in [0.717, 1.165) is 4.47 Å². The number of carbonyl (C=O) groups is 3. The van der Waals surface area contributed by atoms with Crippen LogP contribution >= 0.6 is 15.9 Å². The second-order valence-electron chi connectivity index (χ2n) is 6.31. The summed E-state index contributed by atoms with van der Waals surface area (Å²) in [6.45, 7) is 1.77. The number of rotatable bonds is 6. The molecule has 0 bridgehead atoms. The third-order valence-corrected chi connectivity index (χ3v) is 4.80. The lowest BCUT2D eigenvalue weighted by molar-refractivity contribution is -0.115. The average Bonchev–Trinajstić information content (AvgIpc) is 2.75. The van der Waals surface area contributed by atoms with Crippen molar-refractivity contribution >= 4 is 44.9 Å². The summed E-state index contributed by atoms with van der Waals surface area (Å²) in [4.78, 5) is 37.1. The molecule has 0 unspecified atom stereocenters. The zero-order chi connectivity index (χ0) is 20.8. The summed E-state index contributed by atoms with van der Waals surface area (Å²) in [6.07, 6.45) is 0.391. The quantitative estimate of drug-likeness (QED) is 0.501. The van der Waals surface area contributed by atoms with Crippen molar-refractivity contribution in [3.05, 3.63) is 94.0 Å². The van der Waals surface area contributed by atoms with Crippen molar-refractivity contribution in [2.75, 3.05) is 10.6 Å². The van der Waals surface area contributed by atoms with Crippen LogP contribution in [0, 0.1) is 0 Å². The Balaban J connectivity index is 1.79. The third kappa shape index (κ3) is 5.18. The van der Waals surface area contributed by atoms with Gasteiger partial charge in [0.1, 0.15) is 0 Å². The van der Waals surface area contributed by atoms with Crippen LogP contribution in [0.1, 0.15) is 39.6 Å². The van der Waals surface area contributed by atoms with Gasteiger partial charge in [0.2, 0.25) is 5.91 Å². The number of hydrogen-bond acceptors (Lipinski definition) is 3. The maximum absolute atomic E-state index is 12.9. The Morgan fingerprint density at radius 3 is 1.90 bits per heavy atom. The largest absolute Gasteiger partial charge is 0.326 e. The van der Waals surface area contributed by atoms with Gasteiger partial charge in [0.25, 0.3) is 5.91 Å². The maximum atomic E-state index is 12.9. The van der Waals surface area contributed by atoms with Gasteiger partial charge in [-0.15, -0.1) is 0 Å². The second-order valence-corrected chi connectivity index (χ2v) is 7.23. The van der Waals surface area contributed by atoms with Crippen molar-refractivity contribution in [2.24, 2.45) is 0 Å². The number of anilines is 2. The molecule has 0 aromatic heterocycles. The smallest absolute Gasteiger partial charge is 0.256 e.